The average molecular weight is 217 g/mol. The van der Waals surface area contributed by atoms with E-state index in [9.17, 15) is 4.79 Å². The molecule has 0 saturated heterocycles. The minimum atomic E-state index is -0.0575. The lowest BCUT2D eigenvalue weighted by molar-refractivity contribution is 0.571. The quantitative estimate of drug-likeness (QED) is 0.736. The fourth-order valence-corrected chi connectivity index (χ4v) is 1.90. The standard InChI is InChI=1S/C11H11N3O2/c15-11-7-3-4-12-6-8(7)13-10(14-11)9-2-1-5-16-9/h1-2,5,12H,3-4,6H2,(H,13,14,15). The molecule has 2 aromatic heterocycles. The molecule has 2 N–H and O–H groups in total. The maximum Gasteiger partial charge on any atom is 0.254 e. The van der Waals surface area contributed by atoms with Gasteiger partial charge in [0.15, 0.2) is 11.6 Å². The zero-order valence-electron chi connectivity index (χ0n) is 8.62. The lowest BCUT2D eigenvalue weighted by Gasteiger charge is -2.15. The maximum atomic E-state index is 11.8. The average Bonchev–Trinajstić information content (AvgIpc) is 2.82. The number of rotatable bonds is 1. The summed E-state index contributed by atoms with van der Waals surface area (Å²) in [5, 5.41) is 3.19. The highest BCUT2D eigenvalue weighted by atomic mass is 16.3. The molecule has 1 aliphatic heterocycles. The molecule has 3 rings (SSSR count). The van der Waals surface area contributed by atoms with E-state index in [0.29, 0.717) is 18.1 Å². The van der Waals surface area contributed by atoms with Gasteiger partial charge in [-0.3, -0.25) is 4.79 Å². The number of nitrogens with zero attached hydrogens (tertiary/aromatic N) is 1. The Bertz CT molecular complexity index is 557. The van der Waals surface area contributed by atoms with Crippen molar-refractivity contribution in [2.45, 2.75) is 13.0 Å². The number of furan rings is 1. The smallest absolute Gasteiger partial charge is 0.254 e. The van der Waals surface area contributed by atoms with Crippen LogP contribution in [0.5, 0.6) is 0 Å². The summed E-state index contributed by atoms with van der Waals surface area (Å²) in [6.07, 6.45) is 2.29. The molecule has 0 amide bonds. The summed E-state index contributed by atoms with van der Waals surface area (Å²) in [5.41, 5.74) is 1.55. The normalized spacial score (nSPS) is 14.8. The van der Waals surface area contributed by atoms with Gasteiger partial charge in [0.05, 0.1) is 12.0 Å². The number of H-pyrrole nitrogens is 1. The Hall–Kier alpha value is -1.88. The van der Waals surface area contributed by atoms with E-state index in [1.165, 1.54) is 0 Å². The highest BCUT2D eigenvalue weighted by Crippen LogP contribution is 2.16. The molecule has 0 unspecified atom stereocenters. The summed E-state index contributed by atoms with van der Waals surface area (Å²) < 4.78 is 5.21. The second-order valence-electron chi connectivity index (χ2n) is 3.74. The Morgan fingerprint density at radius 2 is 2.38 bits per heavy atom. The Morgan fingerprint density at radius 3 is 3.19 bits per heavy atom. The summed E-state index contributed by atoms with van der Waals surface area (Å²) in [7, 11) is 0. The summed E-state index contributed by atoms with van der Waals surface area (Å²) in [5.74, 6) is 1.09. The first-order chi connectivity index (χ1) is 7.84. The van der Waals surface area contributed by atoms with Gasteiger partial charge in [-0.2, -0.15) is 0 Å². The van der Waals surface area contributed by atoms with Crippen LogP contribution in [0.15, 0.2) is 27.6 Å². The summed E-state index contributed by atoms with van der Waals surface area (Å²) >= 11 is 0. The highest BCUT2D eigenvalue weighted by molar-refractivity contribution is 5.46. The van der Waals surface area contributed by atoms with Crippen LogP contribution >= 0.6 is 0 Å². The fourth-order valence-electron chi connectivity index (χ4n) is 1.90. The Balaban J connectivity index is 2.16. The lowest BCUT2D eigenvalue weighted by atomic mass is 10.1. The van der Waals surface area contributed by atoms with Crippen molar-refractivity contribution in [1.29, 1.82) is 0 Å². The third kappa shape index (κ3) is 1.45. The van der Waals surface area contributed by atoms with E-state index in [1.807, 2.05) is 0 Å². The van der Waals surface area contributed by atoms with Crippen LogP contribution in [0.2, 0.25) is 0 Å². The zero-order valence-corrected chi connectivity index (χ0v) is 8.62. The van der Waals surface area contributed by atoms with Gasteiger partial charge >= 0.3 is 0 Å². The van der Waals surface area contributed by atoms with Gasteiger partial charge in [-0.25, -0.2) is 4.98 Å². The van der Waals surface area contributed by atoms with Crippen molar-refractivity contribution in [2.24, 2.45) is 0 Å². The second-order valence-corrected chi connectivity index (χ2v) is 3.74. The summed E-state index contributed by atoms with van der Waals surface area (Å²) in [6, 6.07) is 3.55. The lowest BCUT2D eigenvalue weighted by Crippen LogP contribution is -2.31. The molecule has 0 bridgehead atoms. The van der Waals surface area contributed by atoms with Gasteiger partial charge in [-0.1, -0.05) is 0 Å². The van der Waals surface area contributed by atoms with E-state index in [1.54, 1.807) is 18.4 Å². The topological polar surface area (TPSA) is 70.9 Å². The van der Waals surface area contributed by atoms with Crippen molar-refractivity contribution < 1.29 is 4.42 Å². The predicted octanol–water partition coefficient (Wildman–Crippen LogP) is 0.676. The van der Waals surface area contributed by atoms with Gasteiger partial charge in [-0.05, 0) is 25.1 Å². The first kappa shape index (κ1) is 9.35. The fraction of sp³-hybridized carbons (Fsp3) is 0.273. The molecular formula is C11H11N3O2. The first-order valence-corrected chi connectivity index (χ1v) is 5.21. The van der Waals surface area contributed by atoms with E-state index in [4.69, 9.17) is 4.42 Å². The van der Waals surface area contributed by atoms with Gasteiger partial charge in [-0.15, -0.1) is 0 Å². The number of fused-ring (bicyclic) bond motifs is 1. The zero-order chi connectivity index (χ0) is 11.0. The van der Waals surface area contributed by atoms with Gasteiger partial charge in [0.1, 0.15) is 0 Å². The van der Waals surface area contributed by atoms with Crippen LogP contribution in [0.25, 0.3) is 11.6 Å². The molecule has 0 spiro atoms. The van der Waals surface area contributed by atoms with Crippen molar-refractivity contribution in [1.82, 2.24) is 15.3 Å². The van der Waals surface area contributed by atoms with E-state index in [0.717, 1.165) is 24.2 Å². The third-order valence-electron chi connectivity index (χ3n) is 2.70. The first-order valence-electron chi connectivity index (χ1n) is 5.21. The van der Waals surface area contributed by atoms with Crippen molar-refractivity contribution in [3.05, 3.63) is 40.0 Å². The molecule has 3 heterocycles. The van der Waals surface area contributed by atoms with E-state index in [2.05, 4.69) is 15.3 Å². The predicted molar refractivity (Wildman–Crippen MR) is 58.0 cm³/mol. The second kappa shape index (κ2) is 3.61. The van der Waals surface area contributed by atoms with Crippen LogP contribution in [0.3, 0.4) is 0 Å². The van der Waals surface area contributed by atoms with Crippen molar-refractivity contribution in [2.75, 3.05) is 6.54 Å². The van der Waals surface area contributed by atoms with Crippen molar-refractivity contribution in [3.8, 4) is 11.6 Å². The van der Waals surface area contributed by atoms with E-state index >= 15 is 0 Å². The van der Waals surface area contributed by atoms with Crippen LogP contribution in [0.1, 0.15) is 11.3 Å². The number of aromatic nitrogens is 2. The summed E-state index contributed by atoms with van der Waals surface area (Å²) in [4.78, 5) is 19.0. The molecular weight excluding hydrogens is 206 g/mol. The molecule has 0 aromatic carbocycles. The molecule has 82 valence electrons. The molecule has 0 saturated carbocycles. The molecule has 0 fully saturated rings. The maximum absolute atomic E-state index is 11.8. The molecule has 1 aliphatic rings. The number of hydrogen-bond donors (Lipinski definition) is 2. The molecule has 16 heavy (non-hydrogen) atoms. The van der Waals surface area contributed by atoms with Gasteiger partial charge < -0.3 is 14.7 Å². The number of aromatic amines is 1. The minimum absolute atomic E-state index is 0.0575. The Labute approximate surface area is 91.5 Å². The van der Waals surface area contributed by atoms with E-state index in [-0.39, 0.29) is 5.56 Å². The van der Waals surface area contributed by atoms with Crippen molar-refractivity contribution in [3.63, 3.8) is 0 Å². The van der Waals surface area contributed by atoms with Gasteiger partial charge in [0, 0.05) is 12.1 Å². The monoisotopic (exact) mass is 217 g/mol. The van der Waals surface area contributed by atoms with Crippen LogP contribution < -0.4 is 10.9 Å². The highest BCUT2D eigenvalue weighted by Gasteiger charge is 2.16. The molecule has 5 heteroatoms. The minimum Gasteiger partial charge on any atom is -0.461 e. The molecule has 0 atom stereocenters. The van der Waals surface area contributed by atoms with Gasteiger partial charge in [0.25, 0.3) is 5.56 Å². The molecule has 0 aliphatic carbocycles. The third-order valence-corrected chi connectivity index (χ3v) is 2.70. The summed E-state index contributed by atoms with van der Waals surface area (Å²) in [6.45, 7) is 1.48. The van der Waals surface area contributed by atoms with Crippen LogP contribution in [0.4, 0.5) is 0 Å². The van der Waals surface area contributed by atoms with Crippen LogP contribution in [-0.4, -0.2) is 16.5 Å². The van der Waals surface area contributed by atoms with Gasteiger partial charge in [0.2, 0.25) is 0 Å². The number of nitrogens with one attached hydrogen (secondary N) is 2. The Morgan fingerprint density at radius 1 is 1.44 bits per heavy atom. The van der Waals surface area contributed by atoms with Crippen molar-refractivity contribution >= 4 is 0 Å². The Kier molecular flexibility index (Phi) is 2.11. The van der Waals surface area contributed by atoms with Crippen LogP contribution in [-0.2, 0) is 13.0 Å². The molecule has 0 radical (unpaired) electrons. The molecule has 2 aromatic rings. The largest absolute Gasteiger partial charge is 0.461 e. The van der Waals surface area contributed by atoms with Crippen LogP contribution in [0, 0.1) is 0 Å². The number of hydrogen-bond acceptors (Lipinski definition) is 4. The SMILES string of the molecule is O=c1[nH]c(-c2ccco2)nc2c1CCNC2. The van der Waals surface area contributed by atoms with E-state index < -0.39 is 0 Å². The molecule has 5 nitrogen and oxygen atoms in total.